The zero-order valence-corrected chi connectivity index (χ0v) is 15.3. The monoisotopic (exact) mass is 373 g/mol. The maximum atomic E-state index is 11.7. The van der Waals surface area contributed by atoms with Crippen LogP contribution < -0.4 is 11.1 Å². The Hall–Kier alpha value is -0.690. The molecule has 9 heteroatoms. The minimum absolute atomic E-state index is 0.249. The lowest BCUT2D eigenvalue weighted by molar-refractivity contribution is 0.154. The summed E-state index contributed by atoms with van der Waals surface area (Å²) in [6.07, 6.45) is 0.771. The predicted molar refractivity (Wildman–Crippen MR) is 90.7 cm³/mol. The molecule has 0 aliphatic heterocycles. The van der Waals surface area contributed by atoms with Gasteiger partial charge in [-0.05, 0) is 6.08 Å². The average molecular weight is 375 g/mol. The number of carbonyl (C=O) groups excluding carboxylic acids is 1. The first-order valence-electron chi connectivity index (χ1n) is 6.47. The number of ether oxygens (including phenoxy) is 2. The number of methoxy groups -OCH3 is 1. The van der Waals surface area contributed by atoms with Crippen molar-refractivity contribution in [1.82, 2.24) is 5.32 Å². The lowest BCUT2D eigenvalue weighted by Gasteiger charge is -2.19. The third kappa shape index (κ3) is 11.0. The van der Waals surface area contributed by atoms with Crippen LogP contribution in [0, 0.1) is 5.41 Å². The Labute approximate surface area is 146 Å². The smallest absolute Gasteiger partial charge is 0.412 e. The number of halogens is 3. The summed E-state index contributed by atoms with van der Waals surface area (Å²) in [6.45, 7) is 6.18. The SMILES string of the molecule is COCCN=C(C=C(N)C(C)(C)C)NC(=O)OCC(Cl)(Cl)Cl. The molecule has 0 radical (unpaired) electrons. The van der Waals surface area contributed by atoms with Gasteiger partial charge in [0.25, 0.3) is 0 Å². The van der Waals surface area contributed by atoms with Gasteiger partial charge in [0, 0.05) is 18.2 Å². The van der Waals surface area contributed by atoms with Crippen molar-refractivity contribution in [3.8, 4) is 0 Å². The summed E-state index contributed by atoms with van der Waals surface area (Å²) >= 11 is 16.5. The molecule has 0 heterocycles. The van der Waals surface area contributed by atoms with Gasteiger partial charge in [0.2, 0.25) is 3.79 Å². The molecule has 0 spiro atoms. The molecule has 1 amide bonds. The van der Waals surface area contributed by atoms with E-state index in [1.807, 2.05) is 20.8 Å². The molecule has 0 saturated carbocycles. The highest BCUT2D eigenvalue weighted by Crippen LogP contribution is 2.25. The Morgan fingerprint density at radius 3 is 2.36 bits per heavy atom. The summed E-state index contributed by atoms with van der Waals surface area (Å²) in [5, 5.41) is 2.45. The third-order valence-corrected chi connectivity index (χ3v) is 2.66. The number of rotatable bonds is 5. The highest BCUT2D eigenvalue weighted by molar-refractivity contribution is 6.67. The Balaban J connectivity index is 4.88. The van der Waals surface area contributed by atoms with Gasteiger partial charge in [0.05, 0.1) is 13.2 Å². The molecule has 6 nitrogen and oxygen atoms in total. The van der Waals surface area contributed by atoms with Crippen LogP contribution in [0.2, 0.25) is 0 Å². The van der Waals surface area contributed by atoms with Gasteiger partial charge >= 0.3 is 6.09 Å². The van der Waals surface area contributed by atoms with Gasteiger partial charge in [0.15, 0.2) is 0 Å². The van der Waals surface area contributed by atoms with E-state index in [1.54, 1.807) is 13.2 Å². The van der Waals surface area contributed by atoms with Crippen molar-refractivity contribution in [2.24, 2.45) is 16.1 Å². The van der Waals surface area contributed by atoms with Crippen LogP contribution in [0.5, 0.6) is 0 Å². The fraction of sp³-hybridized carbons (Fsp3) is 0.692. The van der Waals surface area contributed by atoms with E-state index in [0.717, 1.165) is 0 Å². The number of amidine groups is 1. The van der Waals surface area contributed by atoms with Gasteiger partial charge in [-0.15, -0.1) is 0 Å². The van der Waals surface area contributed by atoms with Crippen molar-refractivity contribution < 1.29 is 14.3 Å². The van der Waals surface area contributed by atoms with Crippen LogP contribution in [-0.2, 0) is 9.47 Å². The van der Waals surface area contributed by atoms with E-state index < -0.39 is 9.89 Å². The fourth-order valence-corrected chi connectivity index (χ4v) is 1.19. The van der Waals surface area contributed by atoms with Crippen LogP contribution in [0.25, 0.3) is 0 Å². The van der Waals surface area contributed by atoms with Crippen LogP contribution in [0.3, 0.4) is 0 Å². The molecule has 0 aromatic rings. The lowest BCUT2D eigenvalue weighted by Crippen LogP contribution is -2.33. The zero-order valence-electron chi connectivity index (χ0n) is 13.1. The maximum Gasteiger partial charge on any atom is 0.412 e. The van der Waals surface area contributed by atoms with Crippen LogP contribution in [-0.4, -0.2) is 42.6 Å². The molecular formula is C13H22Cl3N3O3. The van der Waals surface area contributed by atoms with Crippen LogP contribution >= 0.6 is 34.8 Å². The van der Waals surface area contributed by atoms with E-state index in [9.17, 15) is 4.79 Å². The Morgan fingerprint density at radius 2 is 1.91 bits per heavy atom. The van der Waals surface area contributed by atoms with Gasteiger partial charge in [-0.25, -0.2) is 4.79 Å². The molecule has 0 aliphatic carbocycles. The molecule has 3 N–H and O–H groups in total. The molecule has 0 aromatic carbocycles. The van der Waals surface area contributed by atoms with E-state index in [4.69, 9.17) is 50.0 Å². The topological polar surface area (TPSA) is 85.9 Å². The molecule has 22 heavy (non-hydrogen) atoms. The minimum atomic E-state index is -1.68. The number of nitrogens with two attached hydrogens (primary N) is 1. The first-order chi connectivity index (χ1) is 9.95. The standard InChI is InChI=1S/C13H22Cl3N3O3/c1-12(2,3)9(17)7-10(18-5-6-21-4)19-11(20)22-8-13(14,15)16/h7H,5-6,8,17H2,1-4H3,(H,18,19,20). The number of amides is 1. The molecule has 0 aromatic heterocycles. The second-order valence-electron chi connectivity index (χ2n) is 5.43. The van der Waals surface area contributed by atoms with E-state index in [-0.39, 0.29) is 17.9 Å². The molecule has 0 bridgehead atoms. The molecule has 0 saturated heterocycles. The molecule has 0 fully saturated rings. The Morgan fingerprint density at radius 1 is 1.32 bits per heavy atom. The molecule has 0 unspecified atom stereocenters. The van der Waals surface area contributed by atoms with Crippen LogP contribution in [0.15, 0.2) is 16.8 Å². The quantitative estimate of drug-likeness (QED) is 0.335. The van der Waals surface area contributed by atoms with Gasteiger partial charge in [0.1, 0.15) is 12.4 Å². The summed E-state index contributed by atoms with van der Waals surface area (Å²) in [6, 6.07) is 0. The van der Waals surface area contributed by atoms with E-state index in [1.165, 1.54) is 0 Å². The second-order valence-corrected chi connectivity index (χ2v) is 7.94. The van der Waals surface area contributed by atoms with E-state index in [2.05, 4.69) is 10.3 Å². The number of nitrogens with zero attached hydrogens (tertiary/aromatic N) is 1. The normalized spacial score (nSPS) is 14.0. The summed E-state index contributed by atoms with van der Waals surface area (Å²) in [5.74, 6) is 0.249. The summed E-state index contributed by atoms with van der Waals surface area (Å²) < 4.78 is 8.01. The lowest BCUT2D eigenvalue weighted by atomic mass is 9.92. The number of allylic oxidation sites excluding steroid dienone is 1. The van der Waals surface area contributed by atoms with Crippen LogP contribution in [0.1, 0.15) is 20.8 Å². The number of nitrogens with one attached hydrogen (secondary N) is 1. The average Bonchev–Trinajstić information content (AvgIpc) is 2.34. The van der Waals surface area contributed by atoms with Crippen molar-refractivity contribution in [3.63, 3.8) is 0 Å². The van der Waals surface area contributed by atoms with Gasteiger partial charge in [-0.1, -0.05) is 55.6 Å². The summed E-state index contributed by atoms with van der Waals surface area (Å²) in [5.41, 5.74) is 6.24. The van der Waals surface area contributed by atoms with Crippen molar-refractivity contribution in [2.75, 3.05) is 26.9 Å². The van der Waals surface area contributed by atoms with Gasteiger partial charge in [-0.3, -0.25) is 10.3 Å². The first kappa shape index (κ1) is 21.3. The van der Waals surface area contributed by atoms with Gasteiger partial charge in [-0.2, -0.15) is 0 Å². The van der Waals surface area contributed by atoms with Crippen LogP contribution in [0.4, 0.5) is 4.79 Å². The number of hydrogen-bond donors (Lipinski definition) is 2. The largest absolute Gasteiger partial charge is 0.445 e. The second kappa shape index (κ2) is 9.45. The molecule has 0 atom stereocenters. The van der Waals surface area contributed by atoms with Crippen molar-refractivity contribution in [3.05, 3.63) is 11.8 Å². The summed E-state index contributed by atoms with van der Waals surface area (Å²) in [4.78, 5) is 15.8. The van der Waals surface area contributed by atoms with Crippen molar-refractivity contribution in [1.29, 1.82) is 0 Å². The Kier molecular flexibility index (Phi) is 9.15. The molecular weight excluding hydrogens is 353 g/mol. The first-order valence-corrected chi connectivity index (χ1v) is 7.60. The minimum Gasteiger partial charge on any atom is -0.445 e. The number of hydrogen-bond acceptors (Lipinski definition) is 5. The number of alkyl halides is 3. The van der Waals surface area contributed by atoms with Crippen molar-refractivity contribution in [2.45, 2.75) is 24.6 Å². The molecule has 0 rings (SSSR count). The van der Waals surface area contributed by atoms with Gasteiger partial charge < -0.3 is 15.2 Å². The number of alkyl carbamates (subject to hydrolysis) is 1. The predicted octanol–water partition coefficient (Wildman–Crippen LogP) is 3.02. The molecule has 128 valence electrons. The Bertz CT molecular complexity index is 426. The summed E-state index contributed by atoms with van der Waals surface area (Å²) in [7, 11) is 1.55. The fourth-order valence-electron chi connectivity index (χ4n) is 1.03. The third-order valence-electron chi connectivity index (χ3n) is 2.33. The molecule has 0 aliphatic rings. The maximum absolute atomic E-state index is 11.7. The number of carbonyl (C=O) groups is 1. The van der Waals surface area contributed by atoms with Crippen molar-refractivity contribution >= 4 is 46.7 Å². The highest BCUT2D eigenvalue weighted by Gasteiger charge is 2.22. The van der Waals surface area contributed by atoms with E-state index >= 15 is 0 Å². The highest BCUT2D eigenvalue weighted by atomic mass is 35.6. The number of aliphatic imine (C=N–C) groups is 1. The zero-order chi connectivity index (χ0) is 17.4. The van der Waals surface area contributed by atoms with E-state index in [0.29, 0.717) is 18.8 Å².